The summed E-state index contributed by atoms with van der Waals surface area (Å²) in [5.74, 6) is 0.891. The second-order valence-corrected chi connectivity index (χ2v) is 5.65. The molecule has 0 radical (unpaired) electrons. The molecule has 0 heterocycles. The predicted molar refractivity (Wildman–Crippen MR) is 80.5 cm³/mol. The Morgan fingerprint density at radius 2 is 1.84 bits per heavy atom. The van der Waals surface area contributed by atoms with Gasteiger partial charge in [0.25, 0.3) is 0 Å². The Balaban J connectivity index is 2.78. The van der Waals surface area contributed by atoms with Gasteiger partial charge in [-0.3, -0.25) is 0 Å². The third kappa shape index (κ3) is 4.48. The summed E-state index contributed by atoms with van der Waals surface area (Å²) in [6.45, 7) is 4.07. The Bertz CT molecular complexity index is 391. The molecule has 1 aromatic carbocycles. The molecule has 0 saturated carbocycles. The lowest BCUT2D eigenvalue weighted by Gasteiger charge is -2.25. The van der Waals surface area contributed by atoms with Crippen molar-refractivity contribution in [2.75, 3.05) is 7.11 Å². The highest BCUT2D eigenvalue weighted by molar-refractivity contribution is 9.10. The molecular weight excluding hydrogens is 308 g/mol. The minimum absolute atomic E-state index is 0.138. The molecule has 4 heteroatoms. The molecule has 2 atom stereocenters. The summed E-state index contributed by atoms with van der Waals surface area (Å²) in [6, 6.07) is 5.63. The monoisotopic (exact) mass is 330 g/mol. The highest BCUT2D eigenvalue weighted by Gasteiger charge is 2.24. The average Bonchev–Trinajstić information content (AvgIpc) is 2.42. The lowest BCUT2D eigenvalue weighted by molar-refractivity contribution is -0.0188. The smallest absolute Gasteiger partial charge is 0.119 e. The van der Waals surface area contributed by atoms with Crippen LogP contribution in [0.4, 0.5) is 0 Å². The first-order chi connectivity index (χ1) is 9.03. The van der Waals surface area contributed by atoms with Crippen LogP contribution in [-0.4, -0.2) is 29.5 Å². The molecule has 0 aromatic heterocycles. The van der Waals surface area contributed by atoms with E-state index in [9.17, 15) is 10.2 Å². The zero-order chi connectivity index (χ0) is 14.4. The zero-order valence-corrected chi connectivity index (χ0v) is 13.4. The second kappa shape index (κ2) is 7.88. The quantitative estimate of drug-likeness (QED) is 0.807. The summed E-state index contributed by atoms with van der Waals surface area (Å²) in [6.07, 6.45) is 0.707. The standard InChI is InChI=1S/C15H23BrO3/c1-4-10(5-2)15(18)14(17)9-11-8-12(19-3)6-7-13(11)16/h6-8,10,14-15,17-18H,4-5,9H2,1-3H3. The molecule has 0 fully saturated rings. The van der Waals surface area contributed by atoms with Gasteiger partial charge in [-0.1, -0.05) is 42.6 Å². The van der Waals surface area contributed by atoms with E-state index >= 15 is 0 Å². The van der Waals surface area contributed by atoms with Crippen LogP contribution in [-0.2, 0) is 6.42 Å². The molecule has 108 valence electrons. The highest BCUT2D eigenvalue weighted by Crippen LogP contribution is 2.26. The van der Waals surface area contributed by atoms with Crippen molar-refractivity contribution in [2.45, 2.75) is 45.3 Å². The number of methoxy groups -OCH3 is 1. The Hall–Kier alpha value is -0.580. The van der Waals surface area contributed by atoms with Gasteiger partial charge in [-0.05, 0) is 29.7 Å². The molecule has 0 amide bonds. The molecule has 0 bridgehead atoms. The van der Waals surface area contributed by atoms with E-state index in [2.05, 4.69) is 15.9 Å². The van der Waals surface area contributed by atoms with Crippen molar-refractivity contribution in [1.29, 1.82) is 0 Å². The summed E-state index contributed by atoms with van der Waals surface area (Å²) in [5.41, 5.74) is 0.942. The van der Waals surface area contributed by atoms with Crippen molar-refractivity contribution in [2.24, 2.45) is 5.92 Å². The Kier molecular flexibility index (Phi) is 6.83. The summed E-state index contributed by atoms with van der Waals surface area (Å²) < 4.78 is 6.10. The molecule has 0 aliphatic heterocycles. The average molecular weight is 331 g/mol. The fourth-order valence-corrected chi connectivity index (χ4v) is 2.67. The third-order valence-electron chi connectivity index (χ3n) is 3.61. The fraction of sp³-hybridized carbons (Fsp3) is 0.600. The summed E-state index contributed by atoms with van der Waals surface area (Å²) >= 11 is 3.46. The lowest BCUT2D eigenvalue weighted by atomic mass is 9.90. The van der Waals surface area contributed by atoms with Crippen molar-refractivity contribution < 1.29 is 14.9 Å². The Morgan fingerprint density at radius 3 is 2.37 bits per heavy atom. The van der Waals surface area contributed by atoms with Crippen molar-refractivity contribution in [3.05, 3.63) is 28.2 Å². The summed E-state index contributed by atoms with van der Waals surface area (Å²) in [7, 11) is 1.61. The van der Waals surface area contributed by atoms with Gasteiger partial charge in [0.2, 0.25) is 0 Å². The number of hydrogen-bond acceptors (Lipinski definition) is 3. The van der Waals surface area contributed by atoms with E-state index in [0.717, 1.165) is 28.6 Å². The van der Waals surface area contributed by atoms with Crippen molar-refractivity contribution in [1.82, 2.24) is 0 Å². The molecule has 0 aliphatic carbocycles. The number of hydrogen-bond donors (Lipinski definition) is 2. The molecule has 0 saturated heterocycles. The molecule has 0 aliphatic rings. The minimum atomic E-state index is -0.756. The maximum Gasteiger partial charge on any atom is 0.119 e. The van der Waals surface area contributed by atoms with Gasteiger partial charge in [-0.25, -0.2) is 0 Å². The highest BCUT2D eigenvalue weighted by atomic mass is 79.9. The van der Waals surface area contributed by atoms with Crippen LogP contribution in [0.3, 0.4) is 0 Å². The molecule has 0 spiro atoms. The van der Waals surface area contributed by atoms with Crippen molar-refractivity contribution >= 4 is 15.9 Å². The lowest BCUT2D eigenvalue weighted by Crippen LogP contribution is -2.34. The van der Waals surface area contributed by atoms with Crippen LogP contribution >= 0.6 is 15.9 Å². The van der Waals surface area contributed by atoms with Crippen LogP contribution < -0.4 is 4.74 Å². The van der Waals surface area contributed by atoms with Gasteiger partial charge in [-0.15, -0.1) is 0 Å². The molecule has 19 heavy (non-hydrogen) atoms. The zero-order valence-electron chi connectivity index (χ0n) is 11.8. The summed E-state index contributed by atoms with van der Waals surface area (Å²) in [5, 5.41) is 20.3. The van der Waals surface area contributed by atoms with Gasteiger partial charge < -0.3 is 14.9 Å². The fourth-order valence-electron chi connectivity index (χ4n) is 2.27. The third-order valence-corrected chi connectivity index (χ3v) is 4.38. The summed E-state index contributed by atoms with van der Waals surface area (Å²) in [4.78, 5) is 0. The van der Waals surface area contributed by atoms with E-state index in [1.54, 1.807) is 7.11 Å². The van der Waals surface area contributed by atoms with Crippen LogP contribution in [0, 0.1) is 5.92 Å². The number of halogens is 1. The second-order valence-electron chi connectivity index (χ2n) is 4.80. The number of aliphatic hydroxyl groups excluding tert-OH is 2. The van der Waals surface area contributed by atoms with Crippen LogP contribution in [0.25, 0.3) is 0 Å². The van der Waals surface area contributed by atoms with Crippen LogP contribution in [0.2, 0.25) is 0 Å². The molecular formula is C15H23BrO3. The molecule has 2 N–H and O–H groups in total. The van der Waals surface area contributed by atoms with E-state index in [1.807, 2.05) is 32.0 Å². The van der Waals surface area contributed by atoms with Gasteiger partial charge in [0.15, 0.2) is 0 Å². The Labute approximate surface area is 123 Å². The number of rotatable bonds is 7. The van der Waals surface area contributed by atoms with Crippen molar-refractivity contribution in [3.63, 3.8) is 0 Å². The maximum atomic E-state index is 10.2. The van der Waals surface area contributed by atoms with Gasteiger partial charge >= 0.3 is 0 Å². The number of aliphatic hydroxyl groups is 2. The first kappa shape index (κ1) is 16.5. The van der Waals surface area contributed by atoms with Crippen LogP contribution in [0.15, 0.2) is 22.7 Å². The molecule has 1 aromatic rings. The van der Waals surface area contributed by atoms with Crippen LogP contribution in [0.5, 0.6) is 5.75 Å². The van der Waals surface area contributed by atoms with Crippen LogP contribution in [0.1, 0.15) is 32.3 Å². The van der Waals surface area contributed by atoms with Gasteiger partial charge in [0.05, 0.1) is 19.3 Å². The molecule has 1 rings (SSSR count). The Morgan fingerprint density at radius 1 is 1.21 bits per heavy atom. The maximum absolute atomic E-state index is 10.2. The molecule has 2 unspecified atom stereocenters. The normalized spacial score (nSPS) is 14.5. The minimum Gasteiger partial charge on any atom is -0.497 e. The predicted octanol–water partition coefficient (Wildman–Crippen LogP) is 3.16. The molecule has 3 nitrogen and oxygen atoms in total. The first-order valence-electron chi connectivity index (χ1n) is 6.71. The number of benzene rings is 1. The van der Waals surface area contributed by atoms with Gasteiger partial charge in [0, 0.05) is 10.9 Å². The van der Waals surface area contributed by atoms with E-state index in [-0.39, 0.29) is 5.92 Å². The SMILES string of the molecule is CCC(CC)C(O)C(O)Cc1cc(OC)ccc1Br. The van der Waals surface area contributed by atoms with E-state index in [1.165, 1.54) is 0 Å². The first-order valence-corrected chi connectivity index (χ1v) is 7.51. The topological polar surface area (TPSA) is 49.7 Å². The van der Waals surface area contributed by atoms with Gasteiger partial charge in [0.1, 0.15) is 5.75 Å². The van der Waals surface area contributed by atoms with Gasteiger partial charge in [-0.2, -0.15) is 0 Å². The van der Waals surface area contributed by atoms with E-state index < -0.39 is 12.2 Å². The van der Waals surface area contributed by atoms with E-state index in [0.29, 0.717) is 6.42 Å². The van der Waals surface area contributed by atoms with Crippen molar-refractivity contribution in [3.8, 4) is 5.75 Å². The number of ether oxygens (including phenoxy) is 1. The largest absolute Gasteiger partial charge is 0.497 e. The van der Waals surface area contributed by atoms with E-state index in [4.69, 9.17) is 4.74 Å².